The number of thiophene rings is 1. The molecule has 0 atom stereocenters. The maximum atomic E-state index is 12.3. The van der Waals surface area contributed by atoms with Gasteiger partial charge in [0, 0.05) is 25.0 Å². The van der Waals surface area contributed by atoms with Crippen LogP contribution in [0, 0.1) is 0 Å². The van der Waals surface area contributed by atoms with Crippen LogP contribution in [0.25, 0.3) is 0 Å². The van der Waals surface area contributed by atoms with Crippen molar-refractivity contribution in [1.29, 1.82) is 0 Å². The first-order valence-electron chi connectivity index (χ1n) is 4.89. The van der Waals surface area contributed by atoms with Gasteiger partial charge in [-0.15, -0.1) is 11.3 Å². The van der Waals surface area contributed by atoms with Gasteiger partial charge in [0.15, 0.2) is 0 Å². The molecule has 17 heavy (non-hydrogen) atoms. The minimum atomic E-state index is -4.24. The van der Waals surface area contributed by atoms with Crippen molar-refractivity contribution in [3.05, 3.63) is 39.8 Å². The predicted octanol–water partition coefficient (Wildman–Crippen LogP) is 2.78. The van der Waals surface area contributed by atoms with E-state index in [2.05, 4.69) is 15.5 Å². The lowest BCUT2D eigenvalue weighted by Gasteiger charge is -2.02. The number of aromatic amines is 1. The highest BCUT2D eigenvalue weighted by molar-refractivity contribution is 7.10. The number of hydrogen-bond acceptors (Lipinski definition) is 3. The summed E-state index contributed by atoms with van der Waals surface area (Å²) in [4.78, 5) is -0.559. The fourth-order valence-electron chi connectivity index (χ4n) is 1.34. The molecule has 0 amide bonds. The van der Waals surface area contributed by atoms with Crippen molar-refractivity contribution in [2.24, 2.45) is 0 Å². The third kappa shape index (κ3) is 3.31. The molecule has 0 radical (unpaired) electrons. The summed E-state index contributed by atoms with van der Waals surface area (Å²) in [6.45, 7) is 0.961. The maximum absolute atomic E-state index is 12.3. The van der Waals surface area contributed by atoms with Gasteiger partial charge in [-0.05, 0) is 23.1 Å². The molecule has 92 valence electrons. The highest BCUT2D eigenvalue weighted by Crippen LogP contribution is 2.33. The third-order valence-electron chi connectivity index (χ3n) is 2.14. The summed E-state index contributed by atoms with van der Waals surface area (Å²) in [6.07, 6.45) is -2.62. The van der Waals surface area contributed by atoms with E-state index in [4.69, 9.17) is 0 Å². The van der Waals surface area contributed by atoms with E-state index in [1.165, 1.54) is 11.4 Å². The molecular weight excluding hydrogens is 251 g/mol. The predicted molar refractivity (Wildman–Crippen MR) is 58.5 cm³/mol. The van der Waals surface area contributed by atoms with E-state index in [9.17, 15) is 13.2 Å². The van der Waals surface area contributed by atoms with Crippen molar-refractivity contribution in [3.8, 4) is 0 Å². The van der Waals surface area contributed by atoms with Gasteiger partial charge in [0.2, 0.25) is 0 Å². The summed E-state index contributed by atoms with van der Waals surface area (Å²) >= 11 is 0.719. The molecule has 2 heterocycles. The second kappa shape index (κ2) is 4.89. The first kappa shape index (κ1) is 12.1. The monoisotopic (exact) mass is 261 g/mol. The summed E-state index contributed by atoms with van der Waals surface area (Å²) in [6, 6.07) is 2.98. The van der Waals surface area contributed by atoms with E-state index < -0.39 is 11.1 Å². The summed E-state index contributed by atoms with van der Waals surface area (Å²) < 4.78 is 37.0. The Bertz CT molecular complexity index is 461. The van der Waals surface area contributed by atoms with E-state index >= 15 is 0 Å². The van der Waals surface area contributed by atoms with Crippen LogP contribution in [0.3, 0.4) is 0 Å². The quantitative estimate of drug-likeness (QED) is 0.888. The van der Waals surface area contributed by atoms with Crippen LogP contribution in [-0.2, 0) is 19.3 Å². The summed E-state index contributed by atoms with van der Waals surface area (Å²) in [5.74, 6) is 0. The molecule has 2 aromatic rings. The lowest BCUT2D eigenvalue weighted by molar-refractivity contribution is -0.134. The van der Waals surface area contributed by atoms with Crippen LogP contribution in [0.2, 0.25) is 0 Å². The Labute approximate surface area is 99.7 Å². The molecular formula is C10H10F3N3S. The molecule has 2 N–H and O–H groups in total. The first-order chi connectivity index (χ1) is 8.05. The van der Waals surface area contributed by atoms with E-state index in [0.29, 0.717) is 18.7 Å². The number of hydrogen-bond donors (Lipinski definition) is 2. The molecule has 2 rings (SSSR count). The summed E-state index contributed by atoms with van der Waals surface area (Å²) in [7, 11) is 0. The Morgan fingerprint density at radius 1 is 1.35 bits per heavy atom. The van der Waals surface area contributed by atoms with Crippen molar-refractivity contribution in [2.45, 2.75) is 19.3 Å². The Morgan fingerprint density at radius 2 is 2.18 bits per heavy atom. The number of aromatic nitrogens is 2. The number of nitrogens with zero attached hydrogens (tertiary/aromatic N) is 1. The zero-order valence-electron chi connectivity index (χ0n) is 8.71. The van der Waals surface area contributed by atoms with Crippen molar-refractivity contribution in [3.63, 3.8) is 0 Å². The summed E-state index contributed by atoms with van der Waals surface area (Å²) in [5.41, 5.74) is 1.54. The summed E-state index contributed by atoms with van der Waals surface area (Å²) in [5, 5.41) is 11.1. The number of rotatable bonds is 4. The van der Waals surface area contributed by atoms with Crippen LogP contribution in [-0.4, -0.2) is 10.2 Å². The van der Waals surface area contributed by atoms with Gasteiger partial charge in [0.05, 0.1) is 0 Å². The van der Waals surface area contributed by atoms with Crippen molar-refractivity contribution in [1.82, 2.24) is 15.5 Å². The molecule has 7 heteroatoms. The van der Waals surface area contributed by atoms with Crippen LogP contribution in [0.15, 0.2) is 23.7 Å². The van der Waals surface area contributed by atoms with Gasteiger partial charge in [0.1, 0.15) is 4.88 Å². The molecule has 0 bridgehead atoms. The topological polar surface area (TPSA) is 40.7 Å². The molecule has 0 aromatic carbocycles. The van der Waals surface area contributed by atoms with Gasteiger partial charge in [0.25, 0.3) is 0 Å². The molecule has 0 aliphatic heterocycles. The normalized spacial score (nSPS) is 11.9. The van der Waals surface area contributed by atoms with Crippen LogP contribution < -0.4 is 5.32 Å². The molecule has 0 saturated heterocycles. The Morgan fingerprint density at radius 3 is 2.76 bits per heavy atom. The second-order valence-corrected chi connectivity index (χ2v) is 4.41. The molecule has 0 spiro atoms. The zero-order valence-corrected chi connectivity index (χ0v) is 9.53. The molecule has 0 aliphatic rings. The van der Waals surface area contributed by atoms with Crippen LogP contribution >= 0.6 is 11.3 Å². The van der Waals surface area contributed by atoms with Crippen molar-refractivity contribution in [2.75, 3.05) is 0 Å². The van der Waals surface area contributed by atoms with Gasteiger partial charge in [-0.2, -0.15) is 18.3 Å². The van der Waals surface area contributed by atoms with Gasteiger partial charge >= 0.3 is 6.18 Å². The largest absolute Gasteiger partial charge is 0.425 e. The van der Waals surface area contributed by atoms with Crippen LogP contribution in [0.4, 0.5) is 13.2 Å². The van der Waals surface area contributed by atoms with E-state index in [1.54, 1.807) is 6.20 Å². The average molecular weight is 261 g/mol. The van der Waals surface area contributed by atoms with Crippen LogP contribution in [0.1, 0.15) is 16.1 Å². The van der Waals surface area contributed by atoms with Gasteiger partial charge in [-0.3, -0.25) is 5.10 Å². The molecule has 0 saturated carbocycles. The zero-order chi connectivity index (χ0) is 12.3. The van der Waals surface area contributed by atoms with Crippen molar-refractivity contribution < 1.29 is 13.2 Å². The Kier molecular flexibility index (Phi) is 3.49. The Hall–Kier alpha value is -1.34. The van der Waals surface area contributed by atoms with Gasteiger partial charge < -0.3 is 5.32 Å². The third-order valence-corrected chi connectivity index (χ3v) is 3.16. The van der Waals surface area contributed by atoms with E-state index in [-0.39, 0.29) is 0 Å². The fraction of sp³-hybridized carbons (Fsp3) is 0.300. The molecule has 0 unspecified atom stereocenters. The van der Waals surface area contributed by atoms with Gasteiger partial charge in [-0.25, -0.2) is 0 Å². The maximum Gasteiger partial charge on any atom is 0.425 e. The number of halogens is 3. The van der Waals surface area contributed by atoms with Crippen molar-refractivity contribution >= 4 is 11.3 Å². The number of H-pyrrole nitrogens is 1. The highest BCUT2D eigenvalue weighted by atomic mass is 32.1. The molecule has 0 fully saturated rings. The number of nitrogens with one attached hydrogen (secondary N) is 2. The van der Waals surface area contributed by atoms with E-state index in [1.807, 2.05) is 6.07 Å². The average Bonchev–Trinajstić information content (AvgIpc) is 2.86. The lowest BCUT2D eigenvalue weighted by atomic mass is 10.3. The molecule has 2 aromatic heterocycles. The lowest BCUT2D eigenvalue weighted by Crippen LogP contribution is -2.12. The Balaban J connectivity index is 1.85. The smallest absolute Gasteiger partial charge is 0.307 e. The second-order valence-electron chi connectivity index (χ2n) is 3.50. The first-order valence-corrected chi connectivity index (χ1v) is 5.77. The number of alkyl halides is 3. The fourth-order valence-corrected chi connectivity index (χ4v) is 2.12. The molecule has 0 aliphatic carbocycles. The van der Waals surface area contributed by atoms with Gasteiger partial charge in [-0.1, -0.05) is 0 Å². The SMILES string of the molecule is FC(F)(F)c1cc(CNCc2ccn[nH]2)cs1. The highest BCUT2D eigenvalue weighted by Gasteiger charge is 2.32. The van der Waals surface area contributed by atoms with Crippen LogP contribution in [0.5, 0.6) is 0 Å². The minimum Gasteiger partial charge on any atom is -0.307 e. The van der Waals surface area contributed by atoms with E-state index in [0.717, 1.165) is 17.0 Å². The standard InChI is InChI=1S/C10H10F3N3S/c11-10(12,13)9-3-7(6-17-9)4-14-5-8-1-2-15-16-8/h1-3,6,14H,4-5H2,(H,15,16). The molecule has 3 nitrogen and oxygen atoms in total. The minimum absolute atomic E-state index is 0.408.